The van der Waals surface area contributed by atoms with Gasteiger partial charge in [0.2, 0.25) is 0 Å². The second-order valence-corrected chi connectivity index (χ2v) is 5.97. The van der Waals surface area contributed by atoms with Crippen LogP contribution in [0.2, 0.25) is 10.0 Å². The first-order valence-corrected chi connectivity index (χ1v) is 7.16. The summed E-state index contributed by atoms with van der Waals surface area (Å²) in [5.74, 6) is -0.325. The fraction of sp³-hybridized carbons (Fsp3) is 0.143. The average Bonchev–Trinajstić information content (AvgIpc) is 2.36. The van der Waals surface area contributed by atoms with E-state index in [0.29, 0.717) is 22.0 Å². The van der Waals surface area contributed by atoms with Crippen LogP contribution in [0.4, 0.5) is 4.39 Å². The van der Waals surface area contributed by atoms with Crippen LogP contribution in [0.1, 0.15) is 17.2 Å². The second kappa shape index (κ2) is 6.23. The van der Waals surface area contributed by atoms with E-state index in [9.17, 15) is 4.39 Å². The van der Waals surface area contributed by atoms with Crippen LogP contribution >= 0.6 is 39.1 Å². The van der Waals surface area contributed by atoms with Crippen molar-refractivity contribution < 1.29 is 4.39 Å². The minimum absolute atomic E-state index is 0.325. The van der Waals surface area contributed by atoms with Gasteiger partial charge in [0.15, 0.2) is 0 Å². The molecule has 0 saturated carbocycles. The van der Waals surface area contributed by atoms with Gasteiger partial charge in [-0.25, -0.2) is 4.39 Å². The van der Waals surface area contributed by atoms with E-state index >= 15 is 0 Å². The Bertz CT molecular complexity index is 604. The number of hydrogen-bond donors (Lipinski definition) is 1. The molecule has 2 N–H and O–H groups in total. The molecule has 0 fully saturated rings. The third kappa shape index (κ3) is 3.69. The Balaban J connectivity index is 2.27. The highest BCUT2D eigenvalue weighted by atomic mass is 79.9. The van der Waals surface area contributed by atoms with Crippen LogP contribution < -0.4 is 5.73 Å². The van der Waals surface area contributed by atoms with Crippen LogP contribution in [0.3, 0.4) is 0 Å². The summed E-state index contributed by atoms with van der Waals surface area (Å²) in [5, 5.41) is 1.16. The van der Waals surface area contributed by atoms with Crippen molar-refractivity contribution in [2.75, 3.05) is 0 Å². The highest BCUT2D eigenvalue weighted by Gasteiger charge is 2.14. The lowest BCUT2D eigenvalue weighted by Crippen LogP contribution is -2.15. The largest absolute Gasteiger partial charge is 0.324 e. The maximum atomic E-state index is 13.7. The fourth-order valence-corrected chi connectivity index (χ4v) is 2.61. The molecule has 0 aliphatic heterocycles. The second-order valence-electron chi connectivity index (χ2n) is 4.21. The molecule has 0 amide bonds. The Hall–Kier alpha value is -0.610. The molecule has 0 heterocycles. The summed E-state index contributed by atoms with van der Waals surface area (Å²) in [5.41, 5.74) is 7.31. The first-order chi connectivity index (χ1) is 8.97. The minimum atomic E-state index is -0.478. The van der Waals surface area contributed by atoms with E-state index in [1.807, 2.05) is 0 Å². The Morgan fingerprint density at radius 2 is 1.89 bits per heavy atom. The molecular formula is C14H11BrCl2FN. The van der Waals surface area contributed by atoms with E-state index in [4.69, 9.17) is 28.9 Å². The first-order valence-electron chi connectivity index (χ1n) is 5.62. The molecule has 0 spiro atoms. The summed E-state index contributed by atoms with van der Waals surface area (Å²) in [6.45, 7) is 0. The van der Waals surface area contributed by atoms with Gasteiger partial charge < -0.3 is 5.73 Å². The van der Waals surface area contributed by atoms with Crippen LogP contribution in [0.5, 0.6) is 0 Å². The van der Waals surface area contributed by atoms with Crippen molar-refractivity contribution in [1.29, 1.82) is 0 Å². The summed E-state index contributed by atoms with van der Waals surface area (Å²) in [6.07, 6.45) is 0.423. The third-order valence-electron chi connectivity index (χ3n) is 2.81. The topological polar surface area (TPSA) is 26.0 Å². The molecule has 0 aliphatic rings. The van der Waals surface area contributed by atoms with Gasteiger partial charge >= 0.3 is 0 Å². The van der Waals surface area contributed by atoms with Gasteiger partial charge in [-0.05, 0) is 48.4 Å². The fourth-order valence-electron chi connectivity index (χ4n) is 1.85. The number of benzene rings is 2. The lowest BCUT2D eigenvalue weighted by atomic mass is 9.99. The normalized spacial score (nSPS) is 12.5. The predicted molar refractivity (Wildman–Crippen MR) is 81.2 cm³/mol. The molecule has 5 heteroatoms. The molecular weight excluding hydrogens is 352 g/mol. The lowest BCUT2D eigenvalue weighted by molar-refractivity contribution is 0.580. The SMILES string of the molecule is NC(Cc1cc(Cl)ccc1Cl)c1cc(Br)ccc1F. The van der Waals surface area contributed by atoms with E-state index in [1.54, 1.807) is 30.3 Å². The summed E-state index contributed by atoms with van der Waals surface area (Å²) in [6, 6.07) is 9.39. The molecule has 2 rings (SSSR count). The summed E-state index contributed by atoms with van der Waals surface area (Å²) in [4.78, 5) is 0. The van der Waals surface area contributed by atoms with Crippen LogP contribution in [0.15, 0.2) is 40.9 Å². The van der Waals surface area contributed by atoms with E-state index in [2.05, 4.69) is 15.9 Å². The molecule has 0 saturated heterocycles. The van der Waals surface area contributed by atoms with Crippen molar-refractivity contribution in [2.45, 2.75) is 12.5 Å². The number of hydrogen-bond acceptors (Lipinski definition) is 1. The molecule has 1 unspecified atom stereocenters. The average molecular weight is 363 g/mol. The van der Waals surface area contributed by atoms with Crippen LogP contribution in [-0.2, 0) is 6.42 Å². The van der Waals surface area contributed by atoms with Crippen molar-refractivity contribution >= 4 is 39.1 Å². The van der Waals surface area contributed by atoms with Gasteiger partial charge in [0, 0.05) is 26.1 Å². The van der Waals surface area contributed by atoms with Crippen LogP contribution in [0.25, 0.3) is 0 Å². The summed E-state index contributed by atoms with van der Waals surface area (Å²) < 4.78 is 14.5. The molecule has 2 aromatic rings. The van der Waals surface area contributed by atoms with Crippen LogP contribution in [-0.4, -0.2) is 0 Å². The molecule has 0 radical (unpaired) electrons. The number of nitrogens with two attached hydrogens (primary N) is 1. The van der Waals surface area contributed by atoms with Gasteiger partial charge in [-0.15, -0.1) is 0 Å². The number of rotatable bonds is 3. The maximum absolute atomic E-state index is 13.7. The summed E-state index contributed by atoms with van der Waals surface area (Å²) in [7, 11) is 0. The molecule has 1 atom stereocenters. The molecule has 0 bridgehead atoms. The van der Waals surface area contributed by atoms with Crippen molar-refractivity contribution in [3.05, 3.63) is 67.9 Å². The van der Waals surface area contributed by atoms with Crippen LogP contribution in [0, 0.1) is 5.82 Å². The van der Waals surface area contributed by atoms with E-state index in [1.165, 1.54) is 6.07 Å². The van der Waals surface area contributed by atoms with Gasteiger partial charge in [-0.1, -0.05) is 39.1 Å². The predicted octanol–water partition coefficient (Wildman–Crippen LogP) is 5.14. The first kappa shape index (κ1) is 14.8. The zero-order valence-electron chi connectivity index (χ0n) is 9.84. The van der Waals surface area contributed by atoms with E-state index in [-0.39, 0.29) is 5.82 Å². The third-order valence-corrected chi connectivity index (χ3v) is 3.90. The van der Waals surface area contributed by atoms with Crippen molar-refractivity contribution in [2.24, 2.45) is 5.73 Å². The number of halogens is 4. The van der Waals surface area contributed by atoms with Gasteiger partial charge in [-0.2, -0.15) is 0 Å². The quantitative estimate of drug-likeness (QED) is 0.803. The zero-order valence-corrected chi connectivity index (χ0v) is 12.9. The lowest BCUT2D eigenvalue weighted by Gasteiger charge is -2.14. The van der Waals surface area contributed by atoms with Crippen molar-refractivity contribution in [3.63, 3.8) is 0 Å². The molecule has 2 aromatic carbocycles. The van der Waals surface area contributed by atoms with Gasteiger partial charge in [0.25, 0.3) is 0 Å². The molecule has 0 aromatic heterocycles. The molecule has 100 valence electrons. The standard InChI is InChI=1S/C14H11BrCl2FN/c15-9-1-4-13(18)11(7-9)14(19)6-8-5-10(16)2-3-12(8)17/h1-5,7,14H,6,19H2. The minimum Gasteiger partial charge on any atom is -0.324 e. The van der Waals surface area contributed by atoms with Crippen molar-refractivity contribution in [1.82, 2.24) is 0 Å². The Labute approximate surface area is 129 Å². The Kier molecular flexibility index (Phi) is 4.85. The Morgan fingerprint density at radius 1 is 1.16 bits per heavy atom. The summed E-state index contributed by atoms with van der Waals surface area (Å²) >= 11 is 15.3. The molecule has 0 aliphatic carbocycles. The monoisotopic (exact) mass is 361 g/mol. The molecule has 19 heavy (non-hydrogen) atoms. The Morgan fingerprint density at radius 3 is 2.63 bits per heavy atom. The van der Waals surface area contributed by atoms with Gasteiger partial charge in [0.05, 0.1) is 0 Å². The van der Waals surface area contributed by atoms with Gasteiger partial charge in [0.1, 0.15) is 5.82 Å². The molecule has 1 nitrogen and oxygen atoms in total. The smallest absolute Gasteiger partial charge is 0.128 e. The zero-order chi connectivity index (χ0) is 14.0. The van der Waals surface area contributed by atoms with E-state index in [0.717, 1.165) is 10.0 Å². The van der Waals surface area contributed by atoms with Gasteiger partial charge in [-0.3, -0.25) is 0 Å². The highest BCUT2D eigenvalue weighted by Crippen LogP contribution is 2.27. The van der Waals surface area contributed by atoms with Crippen molar-refractivity contribution in [3.8, 4) is 0 Å². The highest BCUT2D eigenvalue weighted by molar-refractivity contribution is 9.10. The maximum Gasteiger partial charge on any atom is 0.128 e. The van der Waals surface area contributed by atoms with E-state index < -0.39 is 6.04 Å².